The summed E-state index contributed by atoms with van der Waals surface area (Å²) in [6, 6.07) is 12.0. The molecule has 0 saturated carbocycles. The predicted molar refractivity (Wildman–Crippen MR) is 128 cm³/mol. The van der Waals surface area contributed by atoms with E-state index in [0.29, 0.717) is 40.7 Å². The van der Waals surface area contributed by atoms with Crippen LogP contribution in [0.15, 0.2) is 53.7 Å². The van der Waals surface area contributed by atoms with Gasteiger partial charge in [0, 0.05) is 5.70 Å². The lowest BCUT2D eigenvalue weighted by Crippen LogP contribution is -2.47. The molecule has 1 aliphatic heterocycles. The van der Waals surface area contributed by atoms with E-state index < -0.39 is 18.0 Å². The molecule has 2 N–H and O–H groups in total. The van der Waals surface area contributed by atoms with E-state index in [0.717, 1.165) is 5.56 Å². The van der Waals surface area contributed by atoms with Gasteiger partial charge in [0.1, 0.15) is 6.61 Å². The van der Waals surface area contributed by atoms with Crippen molar-refractivity contribution in [3.05, 3.63) is 64.9 Å². The van der Waals surface area contributed by atoms with E-state index in [4.69, 9.17) is 18.9 Å². The summed E-state index contributed by atoms with van der Waals surface area (Å²) >= 11 is 0. The van der Waals surface area contributed by atoms with E-state index in [-0.39, 0.29) is 12.0 Å². The molecule has 0 aromatic heterocycles. The zero-order valence-corrected chi connectivity index (χ0v) is 20.4. The number of hydrogen-bond acceptors (Lipinski definition) is 6. The third-order valence-corrected chi connectivity index (χ3v) is 5.28. The van der Waals surface area contributed by atoms with Gasteiger partial charge in [-0.15, -0.1) is 0 Å². The summed E-state index contributed by atoms with van der Waals surface area (Å²) in [5.74, 6) is 0.651. The van der Waals surface area contributed by atoms with Crippen molar-refractivity contribution in [3.63, 3.8) is 0 Å². The molecule has 0 bridgehead atoms. The summed E-state index contributed by atoms with van der Waals surface area (Å²) in [5.41, 5.74) is 2.45. The number of hydrogen-bond donors (Lipinski definition) is 2. The average molecular weight is 469 g/mol. The number of benzene rings is 2. The highest BCUT2D eigenvalue weighted by molar-refractivity contribution is 5.95. The fourth-order valence-electron chi connectivity index (χ4n) is 3.73. The molecule has 0 spiro atoms. The van der Waals surface area contributed by atoms with Crippen LogP contribution >= 0.6 is 0 Å². The van der Waals surface area contributed by atoms with Crippen LogP contribution in [0.3, 0.4) is 0 Å². The Morgan fingerprint density at radius 1 is 1.00 bits per heavy atom. The van der Waals surface area contributed by atoms with Crippen LogP contribution in [-0.2, 0) is 16.1 Å². The normalized spacial score (nSPS) is 15.6. The van der Waals surface area contributed by atoms with E-state index in [9.17, 15) is 9.59 Å². The Balaban J connectivity index is 2.06. The van der Waals surface area contributed by atoms with Gasteiger partial charge in [-0.1, -0.05) is 44.2 Å². The van der Waals surface area contributed by atoms with E-state index in [1.807, 2.05) is 44.2 Å². The van der Waals surface area contributed by atoms with Gasteiger partial charge in [-0.3, -0.25) is 0 Å². The molecule has 2 aromatic rings. The molecule has 2 amide bonds. The van der Waals surface area contributed by atoms with Crippen molar-refractivity contribution in [1.29, 1.82) is 0 Å². The second-order valence-corrected chi connectivity index (χ2v) is 8.50. The molecule has 0 aliphatic carbocycles. The van der Waals surface area contributed by atoms with Crippen LogP contribution in [0.25, 0.3) is 0 Å². The Morgan fingerprint density at radius 2 is 1.62 bits per heavy atom. The number of allylic oxidation sites excluding steroid dienone is 1. The summed E-state index contributed by atoms with van der Waals surface area (Å²) < 4.78 is 22.7. The first-order valence-corrected chi connectivity index (χ1v) is 11.2. The lowest BCUT2D eigenvalue weighted by atomic mass is 9.91. The Hall–Kier alpha value is -3.68. The first kappa shape index (κ1) is 25.0. The largest absolute Gasteiger partial charge is 0.493 e. The topological polar surface area (TPSA) is 95.1 Å². The minimum absolute atomic E-state index is 0.111. The van der Waals surface area contributed by atoms with Gasteiger partial charge in [-0.25, -0.2) is 9.59 Å². The molecule has 1 atom stereocenters. The van der Waals surface area contributed by atoms with Crippen LogP contribution in [0.5, 0.6) is 17.2 Å². The smallest absolute Gasteiger partial charge is 0.338 e. The van der Waals surface area contributed by atoms with Crippen molar-refractivity contribution >= 4 is 12.0 Å². The maximum Gasteiger partial charge on any atom is 0.338 e. The second kappa shape index (κ2) is 11.0. The fraction of sp³-hybridized carbons (Fsp3) is 0.385. The van der Waals surface area contributed by atoms with E-state index in [1.54, 1.807) is 26.0 Å². The Labute approximate surface area is 200 Å². The molecule has 2 aromatic carbocycles. The molecular formula is C26H32N2O6. The Kier molecular flexibility index (Phi) is 8.04. The van der Waals surface area contributed by atoms with Crippen LogP contribution in [-0.4, -0.2) is 32.3 Å². The zero-order valence-electron chi connectivity index (χ0n) is 20.4. The SMILES string of the molecule is COc1cc(C2NC(=O)NC(C(C)C)=C2C(=O)OC(C)C)cc(OC)c1OCc1ccccc1. The third kappa shape index (κ3) is 5.62. The average Bonchev–Trinajstić information content (AvgIpc) is 2.81. The first-order valence-electron chi connectivity index (χ1n) is 11.2. The van der Waals surface area contributed by atoms with Crippen molar-refractivity contribution in [1.82, 2.24) is 10.6 Å². The predicted octanol–water partition coefficient (Wildman–Crippen LogP) is 4.50. The first-order chi connectivity index (χ1) is 16.2. The molecule has 0 radical (unpaired) electrons. The van der Waals surface area contributed by atoms with Gasteiger partial charge in [0.05, 0.1) is 31.9 Å². The molecule has 0 fully saturated rings. The Morgan fingerprint density at radius 3 is 2.15 bits per heavy atom. The van der Waals surface area contributed by atoms with Gasteiger partial charge in [0.15, 0.2) is 11.5 Å². The molecule has 182 valence electrons. The summed E-state index contributed by atoms with van der Waals surface area (Å²) in [7, 11) is 3.05. The van der Waals surface area contributed by atoms with Crippen LogP contribution in [0.1, 0.15) is 44.9 Å². The summed E-state index contributed by atoms with van der Waals surface area (Å²) in [6.07, 6.45) is -0.315. The highest BCUT2D eigenvalue weighted by atomic mass is 16.5. The summed E-state index contributed by atoms with van der Waals surface area (Å²) in [4.78, 5) is 25.6. The molecule has 1 unspecified atom stereocenters. The maximum atomic E-state index is 13.1. The third-order valence-electron chi connectivity index (χ3n) is 5.28. The van der Waals surface area contributed by atoms with Crippen molar-refractivity contribution in [3.8, 4) is 17.2 Å². The van der Waals surface area contributed by atoms with E-state index in [1.165, 1.54) is 14.2 Å². The minimum atomic E-state index is -0.761. The molecule has 8 nitrogen and oxygen atoms in total. The number of carbonyl (C=O) groups excluding carboxylic acids is 2. The molecule has 1 heterocycles. The van der Waals surface area contributed by atoms with Gasteiger partial charge >= 0.3 is 12.0 Å². The molecule has 1 aliphatic rings. The van der Waals surface area contributed by atoms with Gasteiger partial charge in [-0.05, 0) is 43.0 Å². The molecule has 34 heavy (non-hydrogen) atoms. The number of esters is 1. The van der Waals surface area contributed by atoms with E-state index >= 15 is 0 Å². The number of urea groups is 1. The van der Waals surface area contributed by atoms with Crippen molar-refractivity contribution in [2.45, 2.75) is 46.4 Å². The van der Waals surface area contributed by atoms with Crippen LogP contribution in [0.2, 0.25) is 0 Å². The van der Waals surface area contributed by atoms with E-state index in [2.05, 4.69) is 10.6 Å². The van der Waals surface area contributed by atoms with Gasteiger partial charge in [0.2, 0.25) is 5.75 Å². The van der Waals surface area contributed by atoms with Crippen LogP contribution in [0.4, 0.5) is 4.79 Å². The highest BCUT2D eigenvalue weighted by Gasteiger charge is 2.36. The summed E-state index contributed by atoms with van der Waals surface area (Å²) in [5, 5.41) is 5.61. The van der Waals surface area contributed by atoms with Gasteiger partial charge < -0.3 is 29.6 Å². The number of rotatable bonds is 9. The molecule has 3 rings (SSSR count). The van der Waals surface area contributed by atoms with Crippen LogP contribution < -0.4 is 24.8 Å². The molecular weight excluding hydrogens is 436 g/mol. The monoisotopic (exact) mass is 468 g/mol. The minimum Gasteiger partial charge on any atom is -0.493 e. The molecule has 0 saturated heterocycles. The number of amides is 2. The van der Waals surface area contributed by atoms with Crippen LogP contribution in [0, 0.1) is 5.92 Å². The highest BCUT2D eigenvalue weighted by Crippen LogP contribution is 2.42. The van der Waals surface area contributed by atoms with Gasteiger partial charge in [0.25, 0.3) is 0 Å². The number of ether oxygens (including phenoxy) is 4. The lowest BCUT2D eigenvalue weighted by Gasteiger charge is -2.31. The zero-order chi connectivity index (χ0) is 24.8. The number of methoxy groups -OCH3 is 2. The Bertz CT molecular complexity index is 1040. The van der Waals surface area contributed by atoms with Crippen molar-refractivity contribution in [2.24, 2.45) is 5.92 Å². The quantitative estimate of drug-likeness (QED) is 0.526. The fourth-order valence-corrected chi connectivity index (χ4v) is 3.73. The summed E-state index contributed by atoms with van der Waals surface area (Å²) in [6.45, 7) is 7.69. The standard InChI is InChI=1S/C26H32N2O6/c1-15(2)22-21(25(29)34-16(3)4)23(28-26(30)27-22)18-12-19(31-5)24(20(13-18)32-6)33-14-17-10-8-7-9-11-17/h7-13,15-16,23H,14H2,1-6H3,(H2,27,28,30). The van der Waals surface area contributed by atoms with Gasteiger partial charge in [-0.2, -0.15) is 0 Å². The number of nitrogens with one attached hydrogen (secondary N) is 2. The molecule has 8 heteroatoms. The maximum absolute atomic E-state index is 13.1. The lowest BCUT2D eigenvalue weighted by molar-refractivity contribution is -0.143. The van der Waals surface area contributed by atoms with Crippen molar-refractivity contribution < 1.29 is 28.5 Å². The van der Waals surface area contributed by atoms with Crippen molar-refractivity contribution in [2.75, 3.05) is 14.2 Å². The number of carbonyl (C=O) groups is 2. The second-order valence-electron chi connectivity index (χ2n) is 8.50.